The second kappa shape index (κ2) is 9.00. The van der Waals surface area contributed by atoms with E-state index >= 15 is 0 Å². The smallest absolute Gasteiger partial charge is 0.251 e. The van der Waals surface area contributed by atoms with Crippen LogP contribution >= 0.6 is 15.9 Å². The van der Waals surface area contributed by atoms with E-state index in [1.807, 2.05) is 48.5 Å². The highest BCUT2D eigenvalue weighted by molar-refractivity contribution is 9.10. The largest absolute Gasteiger partial charge is 0.348 e. The molecule has 128 valence electrons. The van der Waals surface area contributed by atoms with Crippen molar-refractivity contribution in [1.82, 2.24) is 10.2 Å². The highest BCUT2D eigenvalue weighted by Crippen LogP contribution is 2.12. The van der Waals surface area contributed by atoms with E-state index in [1.165, 1.54) is 5.56 Å². The number of carbonyl (C=O) groups is 1. The zero-order valence-electron chi connectivity index (χ0n) is 14.6. The van der Waals surface area contributed by atoms with Crippen LogP contribution in [-0.2, 0) is 13.1 Å². The summed E-state index contributed by atoms with van der Waals surface area (Å²) in [6.07, 6.45) is 0. The SMILES string of the molecule is CCN(Cc1ccc(C(=O)NCc2cccc(Br)c2)cc1)C(C)C. The average Bonchev–Trinajstić information content (AvgIpc) is 2.58. The van der Waals surface area contributed by atoms with Crippen molar-refractivity contribution in [2.75, 3.05) is 6.54 Å². The second-order valence-electron chi connectivity index (χ2n) is 6.17. The molecule has 0 unspecified atom stereocenters. The maximum atomic E-state index is 12.3. The van der Waals surface area contributed by atoms with Crippen molar-refractivity contribution in [2.24, 2.45) is 0 Å². The molecular weight excluding hydrogens is 364 g/mol. The summed E-state index contributed by atoms with van der Waals surface area (Å²) >= 11 is 3.44. The van der Waals surface area contributed by atoms with Gasteiger partial charge < -0.3 is 5.32 Å². The van der Waals surface area contributed by atoms with Gasteiger partial charge in [0.1, 0.15) is 0 Å². The van der Waals surface area contributed by atoms with Crippen molar-refractivity contribution in [3.05, 3.63) is 69.7 Å². The first kappa shape index (κ1) is 18.7. The lowest BCUT2D eigenvalue weighted by molar-refractivity contribution is 0.0951. The van der Waals surface area contributed by atoms with Gasteiger partial charge in [-0.15, -0.1) is 0 Å². The molecule has 1 N–H and O–H groups in total. The van der Waals surface area contributed by atoms with E-state index in [1.54, 1.807) is 0 Å². The Morgan fingerprint density at radius 1 is 1.12 bits per heavy atom. The lowest BCUT2D eigenvalue weighted by atomic mass is 10.1. The predicted molar refractivity (Wildman–Crippen MR) is 103 cm³/mol. The van der Waals surface area contributed by atoms with E-state index in [0.29, 0.717) is 18.2 Å². The Bertz CT molecular complexity index is 668. The normalized spacial score (nSPS) is 11.1. The quantitative estimate of drug-likeness (QED) is 0.750. The molecule has 0 aliphatic heterocycles. The number of benzene rings is 2. The first-order valence-corrected chi connectivity index (χ1v) is 9.14. The van der Waals surface area contributed by atoms with Crippen LogP contribution in [0.4, 0.5) is 0 Å². The van der Waals surface area contributed by atoms with Gasteiger partial charge in [-0.1, -0.05) is 47.1 Å². The van der Waals surface area contributed by atoms with Crippen molar-refractivity contribution in [3.63, 3.8) is 0 Å². The lowest BCUT2D eigenvalue weighted by Gasteiger charge is -2.24. The van der Waals surface area contributed by atoms with Crippen molar-refractivity contribution in [1.29, 1.82) is 0 Å². The molecule has 0 heterocycles. The molecule has 0 atom stereocenters. The molecule has 4 heteroatoms. The number of nitrogens with zero attached hydrogens (tertiary/aromatic N) is 1. The molecule has 1 amide bonds. The Balaban J connectivity index is 1.93. The number of halogens is 1. The second-order valence-corrected chi connectivity index (χ2v) is 7.08. The fourth-order valence-corrected chi connectivity index (χ4v) is 3.03. The van der Waals surface area contributed by atoms with E-state index < -0.39 is 0 Å². The van der Waals surface area contributed by atoms with Crippen LogP contribution in [-0.4, -0.2) is 23.4 Å². The fraction of sp³-hybridized carbons (Fsp3) is 0.350. The van der Waals surface area contributed by atoms with Gasteiger partial charge in [-0.2, -0.15) is 0 Å². The molecule has 0 radical (unpaired) electrons. The summed E-state index contributed by atoms with van der Waals surface area (Å²) < 4.78 is 1.02. The van der Waals surface area contributed by atoms with Gasteiger partial charge in [-0.05, 0) is 55.8 Å². The summed E-state index contributed by atoms with van der Waals surface area (Å²) in [5.41, 5.74) is 3.00. The molecule has 0 aromatic heterocycles. The Hall–Kier alpha value is -1.65. The van der Waals surface area contributed by atoms with Gasteiger partial charge in [0, 0.05) is 29.2 Å². The van der Waals surface area contributed by atoms with Gasteiger partial charge in [-0.3, -0.25) is 9.69 Å². The maximum absolute atomic E-state index is 12.3. The number of hydrogen-bond donors (Lipinski definition) is 1. The predicted octanol–water partition coefficient (Wildman–Crippen LogP) is 4.61. The lowest BCUT2D eigenvalue weighted by Crippen LogP contribution is -2.30. The van der Waals surface area contributed by atoms with Crippen LogP contribution in [0.2, 0.25) is 0 Å². The minimum atomic E-state index is -0.0438. The van der Waals surface area contributed by atoms with Gasteiger partial charge >= 0.3 is 0 Å². The van der Waals surface area contributed by atoms with Crippen molar-refractivity contribution in [3.8, 4) is 0 Å². The molecule has 3 nitrogen and oxygen atoms in total. The van der Waals surface area contributed by atoms with E-state index in [-0.39, 0.29) is 5.91 Å². The molecule has 2 aromatic rings. The van der Waals surface area contributed by atoms with Crippen LogP contribution in [0.15, 0.2) is 53.0 Å². The third kappa shape index (κ3) is 5.46. The summed E-state index contributed by atoms with van der Waals surface area (Å²) in [5, 5.41) is 2.96. The Labute approximate surface area is 153 Å². The number of hydrogen-bond acceptors (Lipinski definition) is 2. The summed E-state index contributed by atoms with van der Waals surface area (Å²) in [5.74, 6) is -0.0438. The number of amides is 1. The highest BCUT2D eigenvalue weighted by atomic mass is 79.9. The Kier molecular flexibility index (Phi) is 7.00. The van der Waals surface area contributed by atoms with Crippen molar-refractivity contribution >= 4 is 21.8 Å². The van der Waals surface area contributed by atoms with Crippen LogP contribution in [0.25, 0.3) is 0 Å². The maximum Gasteiger partial charge on any atom is 0.251 e. The van der Waals surface area contributed by atoms with Gasteiger partial charge in [0.25, 0.3) is 5.91 Å². The summed E-state index contributed by atoms with van der Waals surface area (Å²) in [6, 6.07) is 16.4. The Morgan fingerprint density at radius 2 is 1.83 bits per heavy atom. The zero-order chi connectivity index (χ0) is 17.5. The standard InChI is InChI=1S/C20H25BrN2O/c1-4-23(15(2)3)14-16-8-10-18(11-9-16)20(24)22-13-17-6-5-7-19(21)12-17/h5-12,15H,4,13-14H2,1-3H3,(H,22,24). The van der Waals surface area contributed by atoms with Crippen LogP contribution < -0.4 is 5.32 Å². The molecule has 0 aliphatic carbocycles. The topological polar surface area (TPSA) is 32.3 Å². The summed E-state index contributed by atoms with van der Waals surface area (Å²) in [4.78, 5) is 14.7. The minimum Gasteiger partial charge on any atom is -0.348 e. The van der Waals surface area contributed by atoms with Gasteiger partial charge in [0.05, 0.1) is 0 Å². The van der Waals surface area contributed by atoms with Crippen molar-refractivity contribution in [2.45, 2.75) is 39.9 Å². The van der Waals surface area contributed by atoms with Crippen LogP contribution in [0.3, 0.4) is 0 Å². The Morgan fingerprint density at radius 3 is 2.42 bits per heavy atom. The monoisotopic (exact) mass is 388 g/mol. The summed E-state index contributed by atoms with van der Waals surface area (Å²) in [7, 11) is 0. The molecule has 0 saturated heterocycles. The van der Waals surface area contributed by atoms with Crippen LogP contribution in [0, 0.1) is 0 Å². The van der Waals surface area contributed by atoms with E-state index in [4.69, 9.17) is 0 Å². The fourth-order valence-electron chi connectivity index (χ4n) is 2.59. The third-order valence-electron chi connectivity index (χ3n) is 4.08. The van der Waals surface area contributed by atoms with Crippen LogP contribution in [0.1, 0.15) is 42.3 Å². The third-order valence-corrected chi connectivity index (χ3v) is 4.57. The molecule has 0 saturated carbocycles. The number of rotatable bonds is 7. The van der Waals surface area contributed by atoms with E-state index in [9.17, 15) is 4.79 Å². The highest BCUT2D eigenvalue weighted by Gasteiger charge is 2.09. The molecule has 0 fully saturated rings. The number of carbonyl (C=O) groups excluding carboxylic acids is 1. The summed E-state index contributed by atoms with van der Waals surface area (Å²) in [6.45, 7) is 9.03. The van der Waals surface area contributed by atoms with Gasteiger partial charge in [0.15, 0.2) is 0 Å². The molecule has 2 aromatic carbocycles. The van der Waals surface area contributed by atoms with E-state index in [0.717, 1.165) is 23.1 Å². The minimum absolute atomic E-state index is 0.0438. The first-order chi connectivity index (χ1) is 11.5. The van der Waals surface area contributed by atoms with Gasteiger partial charge in [0.2, 0.25) is 0 Å². The molecule has 0 aliphatic rings. The molecule has 2 rings (SSSR count). The first-order valence-electron chi connectivity index (χ1n) is 8.35. The molecule has 24 heavy (non-hydrogen) atoms. The van der Waals surface area contributed by atoms with Gasteiger partial charge in [-0.25, -0.2) is 0 Å². The van der Waals surface area contributed by atoms with Crippen molar-refractivity contribution < 1.29 is 4.79 Å². The average molecular weight is 389 g/mol. The zero-order valence-corrected chi connectivity index (χ0v) is 16.1. The molecule has 0 bridgehead atoms. The van der Waals surface area contributed by atoms with Crippen LogP contribution in [0.5, 0.6) is 0 Å². The molecular formula is C20H25BrN2O. The molecule has 0 spiro atoms. The van der Waals surface area contributed by atoms with E-state index in [2.05, 4.69) is 46.9 Å². The number of nitrogens with one attached hydrogen (secondary N) is 1.